The lowest BCUT2D eigenvalue weighted by Gasteiger charge is -1.82. The maximum absolute atomic E-state index is 5.36. The van der Waals surface area contributed by atoms with E-state index in [0.29, 0.717) is 0 Å². The third-order valence-corrected chi connectivity index (χ3v) is 3.72. The summed E-state index contributed by atoms with van der Waals surface area (Å²) in [7, 11) is 0. The molecule has 0 aliphatic heterocycles. The number of hydrogen-bond donors (Lipinski definition) is 0. The van der Waals surface area contributed by atoms with Gasteiger partial charge in [0.25, 0.3) is 0 Å². The summed E-state index contributed by atoms with van der Waals surface area (Å²) in [5, 5.41) is 2.03. The third kappa shape index (κ3) is 0.865. The van der Waals surface area contributed by atoms with Gasteiger partial charge in [-0.3, -0.25) is 0 Å². The average Bonchev–Trinajstić information content (AvgIpc) is 2.61. The second kappa shape index (κ2) is 2.68. The minimum absolute atomic E-state index is 0.874. The highest BCUT2D eigenvalue weighted by molar-refractivity contribution is 7.27. The number of hydrogen-bond acceptors (Lipinski definition) is 2. The molecular formula is C10H4S2. The molecule has 0 saturated carbocycles. The minimum Gasteiger partial charge on any atom is -0.142 e. The topological polar surface area (TPSA) is 0 Å². The first-order valence-electron chi connectivity index (χ1n) is 3.30. The van der Waals surface area contributed by atoms with E-state index < -0.39 is 0 Å². The summed E-state index contributed by atoms with van der Waals surface area (Å²) in [4.78, 5) is 0.874. The van der Waals surface area contributed by atoms with Crippen molar-refractivity contribution in [3.8, 4) is 24.7 Å². The summed E-state index contributed by atoms with van der Waals surface area (Å²) in [6, 6.07) is 2.05. The largest absolute Gasteiger partial charge is 0.142 e. The SMILES string of the molecule is C#Cc1sc2ccsc2c1C#C. The molecule has 2 aromatic heterocycles. The maximum atomic E-state index is 5.36. The summed E-state index contributed by atoms with van der Waals surface area (Å²) >= 11 is 3.23. The minimum atomic E-state index is 0.874. The fourth-order valence-electron chi connectivity index (χ4n) is 1.06. The first kappa shape index (κ1) is 7.43. The van der Waals surface area contributed by atoms with Crippen LogP contribution in [0.1, 0.15) is 10.4 Å². The Bertz CT molecular complexity index is 500. The molecule has 2 heterocycles. The van der Waals surface area contributed by atoms with Crippen molar-refractivity contribution in [2.45, 2.75) is 0 Å². The first-order valence-corrected chi connectivity index (χ1v) is 4.99. The van der Waals surface area contributed by atoms with Gasteiger partial charge in [-0.05, 0) is 11.4 Å². The summed E-state index contributed by atoms with van der Waals surface area (Å²) in [6.45, 7) is 0. The number of rotatable bonds is 0. The van der Waals surface area contributed by atoms with Crippen LogP contribution in [-0.4, -0.2) is 0 Å². The second-order valence-electron chi connectivity index (χ2n) is 2.21. The summed E-state index contributed by atoms with van der Waals surface area (Å²) < 4.78 is 2.34. The van der Waals surface area contributed by atoms with Crippen molar-refractivity contribution in [3.05, 3.63) is 21.9 Å². The van der Waals surface area contributed by atoms with Crippen molar-refractivity contribution < 1.29 is 0 Å². The van der Waals surface area contributed by atoms with E-state index in [9.17, 15) is 0 Å². The molecule has 0 radical (unpaired) electrons. The highest BCUT2D eigenvalue weighted by atomic mass is 32.1. The van der Waals surface area contributed by atoms with Gasteiger partial charge in [-0.2, -0.15) is 0 Å². The van der Waals surface area contributed by atoms with Gasteiger partial charge in [0.1, 0.15) is 0 Å². The van der Waals surface area contributed by atoms with E-state index in [1.165, 1.54) is 4.70 Å². The van der Waals surface area contributed by atoms with Crippen LogP contribution in [0.15, 0.2) is 11.4 Å². The van der Waals surface area contributed by atoms with Crippen LogP contribution < -0.4 is 0 Å². The van der Waals surface area contributed by atoms with Gasteiger partial charge in [0.15, 0.2) is 0 Å². The van der Waals surface area contributed by atoms with Crippen LogP contribution in [0.25, 0.3) is 9.40 Å². The lowest BCUT2D eigenvalue weighted by atomic mass is 10.2. The molecule has 2 heteroatoms. The van der Waals surface area contributed by atoms with Crippen molar-refractivity contribution in [1.82, 2.24) is 0 Å². The van der Waals surface area contributed by atoms with Crippen molar-refractivity contribution in [3.63, 3.8) is 0 Å². The zero-order valence-corrected chi connectivity index (χ0v) is 7.76. The number of fused-ring (bicyclic) bond motifs is 1. The molecule has 0 aromatic carbocycles. The van der Waals surface area contributed by atoms with Crippen molar-refractivity contribution >= 4 is 32.1 Å². The second-order valence-corrected chi connectivity index (χ2v) is 4.18. The predicted molar refractivity (Wildman–Crippen MR) is 55.6 cm³/mol. The highest BCUT2D eigenvalue weighted by Crippen LogP contribution is 2.33. The zero-order valence-electron chi connectivity index (χ0n) is 6.13. The standard InChI is InChI=1S/C10H4S2/c1-3-7-8(4-2)12-9-5-6-11-10(7)9/h1-2,5-6H. The molecule has 0 saturated heterocycles. The quantitative estimate of drug-likeness (QED) is 0.558. The molecule has 56 valence electrons. The van der Waals surface area contributed by atoms with E-state index in [1.807, 2.05) is 11.4 Å². The van der Waals surface area contributed by atoms with Gasteiger partial charge in [-0.1, -0.05) is 11.8 Å². The van der Waals surface area contributed by atoms with Gasteiger partial charge in [0.2, 0.25) is 0 Å². The monoisotopic (exact) mass is 188 g/mol. The highest BCUT2D eigenvalue weighted by Gasteiger charge is 2.08. The maximum Gasteiger partial charge on any atom is 0.0943 e. The van der Waals surface area contributed by atoms with E-state index in [2.05, 4.69) is 11.8 Å². The molecule has 2 rings (SSSR count). The van der Waals surface area contributed by atoms with Gasteiger partial charge in [-0.15, -0.1) is 35.5 Å². The Morgan fingerprint density at radius 2 is 2.08 bits per heavy atom. The number of thiophene rings is 2. The van der Waals surface area contributed by atoms with E-state index in [4.69, 9.17) is 12.8 Å². The summed E-state index contributed by atoms with van der Waals surface area (Å²) in [5.74, 6) is 5.24. The van der Waals surface area contributed by atoms with Gasteiger partial charge in [0, 0.05) is 4.70 Å². The fourth-order valence-corrected chi connectivity index (χ4v) is 3.15. The Labute approximate surface area is 78.9 Å². The van der Waals surface area contributed by atoms with E-state index in [0.717, 1.165) is 15.1 Å². The van der Waals surface area contributed by atoms with Crippen LogP contribution in [0.3, 0.4) is 0 Å². The molecule has 0 amide bonds. The molecule has 12 heavy (non-hydrogen) atoms. The van der Waals surface area contributed by atoms with Crippen LogP contribution >= 0.6 is 22.7 Å². The van der Waals surface area contributed by atoms with E-state index in [1.54, 1.807) is 22.7 Å². The molecule has 0 unspecified atom stereocenters. The van der Waals surface area contributed by atoms with E-state index >= 15 is 0 Å². The van der Waals surface area contributed by atoms with Crippen molar-refractivity contribution in [2.24, 2.45) is 0 Å². The van der Waals surface area contributed by atoms with Crippen molar-refractivity contribution in [2.75, 3.05) is 0 Å². The Morgan fingerprint density at radius 1 is 1.25 bits per heavy atom. The Balaban J connectivity index is 2.92. The van der Waals surface area contributed by atoms with Crippen molar-refractivity contribution in [1.29, 1.82) is 0 Å². The first-order chi connectivity index (χ1) is 5.86. The summed E-state index contributed by atoms with van der Waals surface area (Å²) in [6.07, 6.45) is 10.7. The van der Waals surface area contributed by atoms with Gasteiger partial charge >= 0.3 is 0 Å². The Kier molecular flexibility index (Phi) is 1.66. The van der Waals surface area contributed by atoms with Gasteiger partial charge in [0.05, 0.1) is 15.1 Å². The molecule has 0 fully saturated rings. The van der Waals surface area contributed by atoms with Crippen LogP contribution in [0.2, 0.25) is 0 Å². The molecule has 0 atom stereocenters. The average molecular weight is 188 g/mol. The van der Waals surface area contributed by atoms with E-state index in [-0.39, 0.29) is 0 Å². The molecule has 0 aliphatic rings. The molecule has 0 bridgehead atoms. The normalized spacial score (nSPS) is 9.50. The molecule has 0 nitrogen and oxygen atoms in total. The van der Waals surface area contributed by atoms with Crippen LogP contribution in [-0.2, 0) is 0 Å². The Morgan fingerprint density at radius 3 is 2.75 bits per heavy atom. The number of terminal acetylenes is 2. The van der Waals surface area contributed by atoms with Gasteiger partial charge in [-0.25, -0.2) is 0 Å². The van der Waals surface area contributed by atoms with Crippen LogP contribution in [0, 0.1) is 24.7 Å². The molecule has 0 aliphatic carbocycles. The molecular weight excluding hydrogens is 184 g/mol. The van der Waals surface area contributed by atoms with Crippen LogP contribution in [0.5, 0.6) is 0 Å². The molecule has 2 aromatic rings. The third-order valence-electron chi connectivity index (χ3n) is 1.57. The summed E-state index contributed by atoms with van der Waals surface area (Å²) in [5.41, 5.74) is 0.882. The Hall–Kier alpha value is -1.22. The fraction of sp³-hybridized carbons (Fsp3) is 0. The van der Waals surface area contributed by atoms with Crippen LogP contribution in [0.4, 0.5) is 0 Å². The zero-order chi connectivity index (χ0) is 8.55. The predicted octanol–water partition coefficient (Wildman–Crippen LogP) is 2.93. The lowest BCUT2D eigenvalue weighted by molar-refractivity contribution is 1.91. The molecule has 0 spiro atoms. The lowest BCUT2D eigenvalue weighted by Crippen LogP contribution is -1.70. The smallest absolute Gasteiger partial charge is 0.0943 e. The van der Waals surface area contributed by atoms with Gasteiger partial charge < -0.3 is 0 Å². The molecule has 0 N–H and O–H groups in total.